The highest BCUT2D eigenvalue weighted by Gasteiger charge is 2.15. The van der Waals surface area contributed by atoms with Gasteiger partial charge < -0.3 is 0 Å². The van der Waals surface area contributed by atoms with E-state index in [2.05, 4.69) is 35.7 Å². The molecule has 1 aromatic carbocycles. The van der Waals surface area contributed by atoms with Crippen molar-refractivity contribution in [2.75, 3.05) is 10.6 Å². The Morgan fingerprint density at radius 1 is 1.02 bits per heavy atom. The van der Waals surface area contributed by atoms with Gasteiger partial charge in [-0.3, -0.25) is 34.9 Å². The molecule has 10 nitrogen and oxygen atoms in total. The van der Waals surface area contributed by atoms with Crippen molar-refractivity contribution < 1.29 is 9.59 Å². The average Bonchev–Trinajstić information content (AvgIpc) is 3.75. The number of aromatic nitrogens is 5. The Bertz CT molecular complexity index is 1850. The fourth-order valence-corrected chi connectivity index (χ4v) is 5.65. The maximum Gasteiger partial charge on any atom is 0.259 e. The predicted molar refractivity (Wildman–Crippen MR) is 173 cm³/mol. The van der Waals surface area contributed by atoms with Crippen LogP contribution in [0.5, 0.6) is 0 Å². The molecule has 5 aromatic rings. The van der Waals surface area contributed by atoms with Crippen LogP contribution in [-0.4, -0.2) is 42.3 Å². The average molecular weight is 631 g/mol. The van der Waals surface area contributed by atoms with E-state index in [1.54, 1.807) is 29.9 Å². The van der Waals surface area contributed by atoms with Crippen LogP contribution in [0.15, 0.2) is 76.4 Å². The monoisotopic (exact) mass is 630 g/mol. The number of hydrogen-bond acceptors (Lipinski definition) is 9. The molecule has 0 saturated carbocycles. The molecule has 4 aromatic heterocycles. The van der Waals surface area contributed by atoms with Gasteiger partial charge in [0, 0.05) is 70.9 Å². The van der Waals surface area contributed by atoms with E-state index >= 15 is 0 Å². The first-order chi connectivity index (χ1) is 20.7. The summed E-state index contributed by atoms with van der Waals surface area (Å²) in [5, 5.41) is 15.0. The van der Waals surface area contributed by atoms with Crippen molar-refractivity contribution in [2.45, 2.75) is 27.2 Å². The molecule has 0 radical (unpaired) electrons. The number of pyridine rings is 1. The zero-order valence-electron chi connectivity index (χ0n) is 23.8. The Kier molecular flexibility index (Phi) is 9.19. The van der Waals surface area contributed by atoms with Gasteiger partial charge in [-0.2, -0.15) is 5.10 Å². The van der Waals surface area contributed by atoms with E-state index in [-0.39, 0.29) is 11.8 Å². The van der Waals surface area contributed by atoms with Crippen molar-refractivity contribution in [3.8, 4) is 22.5 Å². The molecule has 0 atom stereocenters. The van der Waals surface area contributed by atoms with Gasteiger partial charge in [0.2, 0.25) is 0 Å². The second kappa shape index (κ2) is 13.2. The van der Waals surface area contributed by atoms with Crippen molar-refractivity contribution >= 4 is 62.1 Å². The summed E-state index contributed by atoms with van der Waals surface area (Å²) in [6.07, 6.45) is 7.15. The van der Waals surface area contributed by atoms with Crippen LogP contribution < -0.4 is 10.6 Å². The van der Waals surface area contributed by atoms with Gasteiger partial charge in [-0.1, -0.05) is 29.8 Å². The van der Waals surface area contributed by atoms with Crippen LogP contribution in [0.3, 0.4) is 0 Å². The van der Waals surface area contributed by atoms with Crippen molar-refractivity contribution in [3.63, 3.8) is 0 Å². The van der Waals surface area contributed by atoms with Gasteiger partial charge in [0.25, 0.3) is 11.8 Å². The van der Waals surface area contributed by atoms with Crippen molar-refractivity contribution in [3.05, 3.63) is 93.3 Å². The SMILES string of the molecule is CC(Cc1cccc(-c2csc(NC(=O)c3ccc(C)nc3)n2)c1Cl)=N/C=C(\C)C(=O)Nc1nc(-c2cnn(C)c2)cs1. The number of rotatable bonds is 9. The number of anilines is 2. The predicted octanol–water partition coefficient (Wildman–Crippen LogP) is 6.82. The van der Waals surface area contributed by atoms with Crippen LogP contribution in [0.25, 0.3) is 22.5 Å². The molecule has 43 heavy (non-hydrogen) atoms. The van der Waals surface area contributed by atoms with E-state index < -0.39 is 0 Å². The van der Waals surface area contributed by atoms with E-state index in [1.165, 1.54) is 35.1 Å². The number of halogens is 1. The Balaban J connectivity index is 1.22. The van der Waals surface area contributed by atoms with Crippen LogP contribution in [0.2, 0.25) is 5.02 Å². The Labute approximate surface area is 261 Å². The van der Waals surface area contributed by atoms with Gasteiger partial charge in [0.15, 0.2) is 10.3 Å². The molecule has 2 amide bonds. The number of carbonyl (C=O) groups excluding carboxylic acids is 2. The minimum atomic E-state index is -0.284. The molecule has 0 aliphatic carbocycles. The van der Waals surface area contributed by atoms with Gasteiger partial charge in [0.1, 0.15) is 0 Å². The number of nitrogens with zero attached hydrogens (tertiary/aromatic N) is 6. The van der Waals surface area contributed by atoms with Crippen LogP contribution in [0.1, 0.15) is 35.5 Å². The molecular formula is C30H27ClN8O2S2. The second-order valence-electron chi connectivity index (χ2n) is 9.71. The Morgan fingerprint density at radius 3 is 2.49 bits per heavy atom. The molecular weight excluding hydrogens is 604 g/mol. The summed E-state index contributed by atoms with van der Waals surface area (Å²) in [7, 11) is 1.84. The highest BCUT2D eigenvalue weighted by Crippen LogP contribution is 2.33. The number of nitrogens with one attached hydrogen (secondary N) is 2. The van der Waals surface area contributed by atoms with Crippen molar-refractivity contribution in [1.29, 1.82) is 0 Å². The Morgan fingerprint density at radius 2 is 1.77 bits per heavy atom. The fourth-order valence-electron chi connectivity index (χ4n) is 3.94. The molecule has 0 unspecified atom stereocenters. The lowest BCUT2D eigenvalue weighted by molar-refractivity contribution is -0.112. The van der Waals surface area contributed by atoms with E-state index in [4.69, 9.17) is 11.6 Å². The molecule has 0 fully saturated rings. The standard InChI is InChI=1S/C30H27ClN8O2S2/c1-17(27(40)37-29-35-24(15-42-29)22-13-34-39(4)14-22)11-32-19(3)10-20-6-5-7-23(26(20)31)25-16-43-30(36-25)38-28(41)21-9-8-18(2)33-12-21/h5-9,11-16H,10H2,1-4H3,(H,35,37,40)(H,36,38,41)/b17-11+,32-19?. The first-order valence-corrected chi connectivity index (χ1v) is 15.2. The summed E-state index contributed by atoms with van der Waals surface area (Å²) in [5.41, 5.74) is 6.41. The highest BCUT2D eigenvalue weighted by molar-refractivity contribution is 7.14. The molecule has 0 saturated heterocycles. The summed E-state index contributed by atoms with van der Waals surface area (Å²) >= 11 is 9.45. The summed E-state index contributed by atoms with van der Waals surface area (Å²) < 4.78 is 1.70. The number of benzene rings is 1. The third kappa shape index (κ3) is 7.47. The van der Waals surface area contributed by atoms with E-state index in [1.807, 2.05) is 56.1 Å². The molecule has 4 heterocycles. The topological polar surface area (TPSA) is 127 Å². The van der Waals surface area contributed by atoms with Crippen LogP contribution in [-0.2, 0) is 18.3 Å². The lowest BCUT2D eigenvalue weighted by Gasteiger charge is -2.08. The summed E-state index contributed by atoms with van der Waals surface area (Å²) in [5.74, 6) is -0.563. The molecule has 0 aliphatic heterocycles. The number of amides is 2. The Hall–Kier alpha value is -4.52. The molecule has 218 valence electrons. The smallest absolute Gasteiger partial charge is 0.259 e. The molecule has 0 aliphatic rings. The fraction of sp³-hybridized carbons (Fsp3) is 0.167. The van der Waals surface area contributed by atoms with Gasteiger partial charge in [-0.15, -0.1) is 22.7 Å². The minimum Gasteiger partial charge on any atom is -0.298 e. The maximum absolute atomic E-state index is 12.7. The molecule has 5 rings (SSSR count). The molecule has 13 heteroatoms. The summed E-state index contributed by atoms with van der Waals surface area (Å²) in [4.78, 5) is 42.9. The van der Waals surface area contributed by atoms with Gasteiger partial charge in [-0.25, -0.2) is 9.97 Å². The van der Waals surface area contributed by atoms with Crippen LogP contribution >= 0.6 is 34.3 Å². The molecule has 2 N–H and O–H groups in total. The van der Waals surface area contributed by atoms with Gasteiger partial charge in [-0.05, 0) is 38.5 Å². The maximum atomic E-state index is 12.7. The zero-order chi connectivity index (χ0) is 30.5. The van der Waals surface area contributed by atoms with E-state index in [9.17, 15) is 9.59 Å². The number of aryl methyl sites for hydroxylation is 2. The highest BCUT2D eigenvalue weighted by atomic mass is 35.5. The third-order valence-electron chi connectivity index (χ3n) is 6.26. The van der Waals surface area contributed by atoms with Crippen molar-refractivity contribution in [1.82, 2.24) is 24.7 Å². The largest absolute Gasteiger partial charge is 0.298 e. The normalized spacial score (nSPS) is 11.9. The third-order valence-corrected chi connectivity index (χ3v) is 8.22. The first-order valence-electron chi connectivity index (χ1n) is 13.1. The quantitative estimate of drug-likeness (QED) is 0.136. The van der Waals surface area contributed by atoms with Crippen molar-refractivity contribution in [2.24, 2.45) is 12.0 Å². The number of thiazole rings is 2. The number of hydrogen-bond donors (Lipinski definition) is 2. The summed E-state index contributed by atoms with van der Waals surface area (Å²) in [6, 6.07) is 9.22. The van der Waals surface area contributed by atoms with E-state index in [0.29, 0.717) is 38.5 Å². The lowest BCUT2D eigenvalue weighted by Crippen LogP contribution is -2.12. The van der Waals surface area contributed by atoms with Crippen LogP contribution in [0.4, 0.5) is 10.3 Å². The first kappa shape index (κ1) is 30.0. The second-order valence-corrected chi connectivity index (χ2v) is 11.8. The molecule has 0 spiro atoms. The number of carbonyl (C=O) groups is 2. The lowest BCUT2D eigenvalue weighted by atomic mass is 10.0. The van der Waals surface area contributed by atoms with Crippen LogP contribution in [0, 0.1) is 6.92 Å². The zero-order valence-corrected chi connectivity index (χ0v) is 26.1. The van der Waals surface area contributed by atoms with Gasteiger partial charge in [0.05, 0.1) is 28.2 Å². The molecule has 0 bridgehead atoms. The minimum absolute atomic E-state index is 0.279. The number of aliphatic imine (C=N–C) groups is 1. The summed E-state index contributed by atoms with van der Waals surface area (Å²) in [6.45, 7) is 5.44. The van der Waals surface area contributed by atoms with Gasteiger partial charge >= 0.3 is 0 Å². The van der Waals surface area contributed by atoms with E-state index in [0.717, 1.165) is 33.8 Å².